The number of aliphatic hydroxyl groups excluding tert-OH is 1. The van der Waals surface area contributed by atoms with Gasteiger partial charge >= 0.3 is 0 Å². The highest BCUT2D eigenvalue weighted by Crippen LogP contribution is 2.17. The highest BCUT2D eigenvalue weighted by Gasteiger charge is 2.12. The summed E-state index contributed by atoms with van der Waals surface area (Å²) in [5.41, 5.74) is 0. The Balaban J connectivity index is 2.23. The molecule has 1 rings (SSSR count). The van der Waals surface area contributed by atoms with Crippen LogP contribution in [0.1, 0.15) is 6.92 Å². The van der Waals surface area contributed by atoms with Gasteiger partial charge in [0.1, 0.15) is 0 Å². The minimum Gasteiger partial charge on any atom is -0.395 e. The van der Waals surface area contributed by atoms with E-state index >= 15 is 0 Å². The third-order valence-electron chi connectivity index (χ3n) is 2.23. The predicted octanol–water partition coefficient (Wildman–Crippen LogP) is 0.947. The first kappa shape index (κ1) is 9.49. The zero-order valence-corrected chi connectivity index (χ0v) is 7.53. The van der Waals surface area contributed by atoms with E-state index in [1.54, 1.807) is 0 Å². The first-order chi connectivity index (χ1) is 5.84. The van der Waals surface area contributed by atoms with E-state index in [1.165, 1.54) is 0 Å². The average Bonchev–Trinajstić information content (AvgIpc) is 2.09. The van der Waals surface area contributed by atoms with Gasteiger partial charge < -0.3 is 10.4 Å². The van der Waals surface area contributed by atoms with Crippen molar-refractivity contribution in [2.45, 2.75) is 6.92 Å². The van der Waals surface area contributed by atoms with E-state index < -0.39 is 0 Å². The first-order valence-corrected chi connectivity index (χ1v) is 4.51. The highest BCUT2D eigenvalue weighted by atomic mass is 16.3. The van der Waals surface area contributed by atoms with Crippen LogP contribution >= 0.6 is 0 Å². The molecule has 0 aromatic carbocycles. The molecule has 68 valence electrons. The maximum atomic E-state index is 8.57. The molecule has 2 nitrogen and oxygen atoms in total. The summed E-state index contributed by atoms with van der Waals surface area (Å²) in [5, 5.41) is 11.8. The zero-order chi connectivity index (χ0) is 8.81. The van der Waals surface area contributed by atoms with Crippen LogP contribution in [0.4, 0.5) is 0 Å². The van der Waals surface area contributed by atoms with Crippen molar-refractivity contribution in [2.24, 2.45) is 11.8 Å². The fourth-order valence-corrected chi connectivity index (χ4v) is 1.37. The molecule has 0 aromatic rings. The Labute approximate surface area is 74.0 Å². The lowest BCUT2D eigenvalue weighted by Crippen LogP contribution is -2.28. The van der Waals surface area contributed by atoms with Gasteiger partial charge in [-0.05, 0) is 11.8 Å². The lowest BCUT2D eigenvalue weighted by Gasteiger charge is -2.20. The van der Waals surface area contributed by atoms with Crippen LogP contribution in [0, 0.1) is 11.8 Å². The second kappa shape index (κ2) is 5.12. The van der Waals surface area contributed by atoms with Crippen LogP contribution in [0.25, 0.3) is 0 Å². The highest BCUT2D eigenvalue weighted by molar-refractivity contribution is 5.13. The minimum atomic E-state index is 0.223. The van der Waals surface area contributed by atoms with Gasteiger partial charge in [-0.1, -0.05) is 31.2 Å². The smallest absolute Gasteiger partial charge is 0.0555 e. The zero-order valence-electron chi connectivity index (χ0n) is 7.53. The van der Waals surface area contributed by atoms with Gasteiger partial charge in [0.15, 0.2) is 0 Å². The van der Waals surface area contributed by atoms with E-state index in [-0.39, 0.29) is 6.61 Å². The van der Waals surface area contributed by atoms with Gasteiger partial charge in [-0.3, -0.25) is 0 Å². The molecule has 0 spiro atoms. The van der Waals surface area contributed by atoms with Crippen molar-refractivity contribution in [3.63, 3.8) is 0 Å². The number of rotatable bonds is 4. The van der Waals surface area contributed by atoms with E-state index in [9.17, 15) is 0 Å². The third-order valence-corrected chi connectivity index (χ3v) is 2.23. The van der Waals surface area contributed by atoms with Crippen LogP contribution < -0.4 is 5.32 Å². The lowest BCUT2D eigenvalue weighted by molar-refractivity contribution is 0.287. The number of aliphatic hydroxyl groups is 1. The molecule has 0 saturated carbocycles. The summed E-state index contributed by atoms with van der Waals surface area (Å²) in [7, 11) is 0. The van der Waals surface area contributed by atoms with E-state index in [1.807, 2.05) is 0 Å². The predicted molar refractivity (Wildman–Crippen MR) is 50.9 cm³/mol. The molecule has 0 saturated heterocycles. The van der Waals surface area contributed by atoms with E-state index in [2.05, 4.69) is 36.5 Å². The maximum absolute atomic E-state index is 8.57. The van der Waals surface area contributed by atoms with Crippen molar-refractivity contribution in [1.82, 2.24) is 5.32 Å². The molecule has 0 radical (unpaired) electrons. The number of hydrogen-bond donors (Lipinski definition) is 2. The number of nitrogens with one attached hydrogen (secondary N) is 1. The Bertz CT molecular complexity index is 175. The van der Waals surface area contributed by atoms with Crippen LogP contribution in [0.3, 0.4) is 0 Å². The molecule has 2 N–H and O–H groups in total. The SMILES string of the molecule is CC1C=CC=CC1CNCCO. The minimum absolute atomic E-state index is 0.223. The van der Waals surface area contributed by atoms with Gasteiger partial charge in [0, 0.05) is 13.1 Å². The fraction of sp³-hybridized carbons (Fsp3) is 0.600. The fourth-order valence-electron chi connectivity index (χ4n) is 1.37. The second-order valence-corrected chi connectivity index (χ2v) is 3.22. The van der Waals surface area contributed by atoms with Crippen molar-refractivity contribution in [1.29, 1.82) is 0 Å². The monoisotopic (exact) mass is 167 g/mol. The molecule has 12 heavy (non-hydrogen) atoms. The summed E-state index contributed by atoms with van der Waals surface area (Å²) < 4.78 is 0. The van der Waals surface area contributed by atoms with Gasteiger partial charge in [-0.15, -0.1) is 0 Å². The largest absolute Gasteiger partial charge is 0.395 e. The summed E-state index contributed by atoms with van der Waals surface area (Å²) in [6.07, 6.45) is 8.61. The molecule has 2 atom stereocenters. The first-order valence-electron chi connectivity index (χ1n) is 4.51. The Morgan fingerprint density at radius 1 is 1.33 bits per heavy atom. The Hall–Kier alpha value is -0.600. The molecule has 0 aromatic heterocycles. The topological polar surface area (TPSA) is 32.3 Å². The molecule has 0 bridgehead atoms. The van der Waals surface area contributed by atoms with Gasteiger partial charge in [-0.25, -0.2) is 0 Å². The van der Waals surface area contributed by atoms with Crippen molar-refractivity contribution in [2.75, 3.05) is 19.7 Å². The van der Waals surface area contributed by atoms with Crippen molar-refractivity contribution >= 4 is 0 Å². The van der Waals surface area contributed by atoms with E-state index in [0.29, 0.717) is 18.4 Å². The van der Waals surface area contributed by atoms with Gasteiger partial charge in [0.25, 0.3) is 0 Å². The van der Waals surface area contributed by atoms with Crippen molar-refractivity contribution in [3.8, 4) is 0 Å². The van der Waals surface area contributed by atoms with Gasteiger partial charge in [0.05, 0.1) is 6.61 Å². The van der Waals surface area contributed by atoms with E-state index in [0.717, 1.165) is 6.54 Å². The molecule has 2 heteroatoms. The van der Waals surface area contributed by atoms with Crippen molar-refractivity contribution < 1.29 is 5.11 Å². The molecular formula is C10H17NO. The Morgan fingerprint density at radius 3 is 2.75 bits per heavy atom. The summed E-state index contributed by atoms with van der Waals surface area (Å²) >= 11 is 0. The summed E-state index contributed by atoms with van der Waals surface area (Å²) in [6, 6.07) is 0. The maximum Gasteiger partial charge on any atom is 0.0555 e. The normalized spacial score (nSPS) is 27.8. The molecule has 2 unspecified atom stereocenters. The van der Waals surface area contributed by atoms with E-state index in [4.69, 9.17) is 5.11 Å². The summed E-state index contributed by atoms with van der Waals surface area (Å²) in [4.78, 5) is 0. The van der Waals surface area contributed by atoms with Crippen LogP contribution in [-0.2, 0) is 0 Å². The molecule has 0 heterocycles. The lowest BCUT2D eigenvalue weighted by atomic mass is 9.90. The molecule has 1 aliphatic rings. The second-order valence-electron chi connectivity index (χ2n) is 3.22. The van der Waals surface area contributed by atoms with Gasteiger partial charge in [0.2, 0.25) is 0 Å². The standard InChI is InChI=1S/C10H17NO/c1-9-4-2-3-5-10(9)8-11-6-7-12/h2-5,9-12H,6-8H2,1H3. The molecular weight excluding hydrogens is 150 g/mol. The third kappa shape index (κ3) is 2.80. The van der Waals surface area contributed by atoms with Crippen LogP contribution in [0.5, 0.6) is 0 Å². The van der Waals surface area contributed by atoms with Crippen LogP contribution in [0.2, 0.25) is 0 Å². The summed E-state index contributed by atoms with van der Waals surface area (Å²) in [6.45, 7) is 4.09. The molecule has 0 aliphatic heterocycles. The number of allylic oxidation sites excluding steroid dienone is 3. The number of hydrogen-bond acceptors (Lipinski definition) is 2. The van der Waals surface area contributed by atoms with Crippen molar-refractivity contribution in [3.05, 3.63) is 24.3 Å². The average molecular weight is 167 g/mol. The van der Waals surface area contributed by atoms with Crippen LogP contribution in [-0.4, -0.2) is 24.8 Å². The van der Waals surface area contributed by atoms with Crippen LogP contribution in [0.15, 0.2) is 24.3 Å². The molecule has 0 fully saturated rings. The van der Waals surface area contributed by atoms with Gasteiger partial charge in [-0.2, -0.15) is 0 Å². The molecule has 0 amide bonds. The quantitative estimate of drug-likeness (QED) is 0.611. The Morgan fingerprint density at radius 2 is 2.08 bits per heavy atom. The summed E-state index contributed by atoms with van der Waals surface area (Å²) in [5.74, 6) is 1.20. The molecule has 1 aliphatic carbocycles. The Kier molecular flexibility index (Phi) is 4.05.